The largest absolute Gasteiger partial charge is 0.444 e. The van der Waals surface area contributed by atoms with Gasteiger partial charge in [-0.15, -0.1) is 11.8 Å². The van der Waals surface area contributed by atoms with E-state index in [1.807, 2.05) is 32.9 Å². The molecule has 1 fully saturated rings. The van der Waals surface area contributed by atoms with Crippen LogP contribution in [0.5, 0.6) is 0 Å². The van der Waals surface area contributed by atoms with Crippen molar-refractivity contribution in [2.45, 2.75) is 67.9 Å². The number of amides is 1. The lowest BCUT2D eigenvalue weighted by atomic mass is 9.92. The Morgan fingerprint density at radius 3 is 2.52 bits per heavy atom. The number of carbonyl (C=O) groups is 1. The number of halogens is 1. The minimum absolute atomic E-state index is 0.230. The number of alkyl carbamates (subject to hydrolysis) is 1. The van der Waals surface area contributed by atoms with Crippen LogP contribution in [0.3, 0.4) is 0 Å². The summed E-state index contributed by atoms with van der Waals surface area (Å²) in [5, 5.41) is 13.5. The first-order valence-electron chi connectivity index (χ1n) is 7.83. The molecule has 1 aliphatic carbocycles. The number of aliphatic hydroxyl groups is 1. The SMILES string of the molecule is CC(C)(C)OC(=O)N[C@@H]1CC[C@@H](Sc2ccc(Br)cc2)C[C@@H]1O. The molecule has 3 atom stereocenters. The van der Waals surface area contributed by atoms with Crippen LogP contribution in [0.2, 0.25) is 0 Å². The molecule has 4 nitrogen and oxygen atoms in total. The average Bonchev–Trinajstić information content (AvgIpc) is 2.42. The molecule has 0 saturated heterocycles. The summed E-state index contributed by atoms with van der Waals surface area (Å²) in [7, 11) is 0. The second-order valence-electron chi connectivity index (χ2n) is 6.83. The van der Waals surface area contributed by atoms with E-state index in [4.69, 9.17) is 4.74 Å². The summed E-state index contributed by atoms with van der Waals surface area (Å²) in [5.41, 5.74) is -0.524. The molecule has 128 valence electrons. The van der Waals surface area contributed by atoms with E-state index in [9.17, 15) is 9.90 Å². The summed E-state index contributed by atoms with van der Waals surface area (Å²) in [4.78, 5) is 13.0. The zero-order chi connectivity index (χ0) is 17.0. The van der Waals surface area contributed by atoms with Crippen LogP contribution >= 0.6 is 27.7 Å². The fourth-order valence-corrected chi connectivity index (χ4v) is 4.04. The minimum atomic E-state index is -0.538. The van der Waals surface area contributed by atoms with Crippen molar-refractivity contribution >= 4 is 33.8 Å². The predicted octanol–water partition coefficient (Wildman–Crippen LogP) is 4.35. The predicted molar refractivity (Wildman–Crippen MR) is 96.8 cm³/mol. The van der Waals surface area contributed by atoms with Gasteiger partial charge in [-0.05, 0) is 64.3 Å². The number of benzene rings is 1. The molecule has 0 aromatic heterocycles. The van der Waals surface area contributed by atoms with Crippen molar-refractivity contribution in [2.24, 2.45) is 0 Å². The van der Waals surface area contributed by atoms with Crippen molar-refractivity contribution in [3.63, 3.8) is 0 Å². The van der Waals surface area contributed by atoms with Gasteiger partial charge in [-0.2, -0.15) is 0 Å². The van der Waals surface area contributed by atoms with Crippen molar-refractivity contribution in [3.05, 3.63) is 28.7 Å². The average molecular weight is 402 g/mol. The summed E-state index contributed by atoms with van der Waals surface area (Å²) < 4.78 is 6.31. The molecule has 1 aliphatic rings. The van der Waals surface area contributed by atoms with Crippen LogP contribution in [0, 0.1) is 0 Å². The lowest BCUT2D eigenvalue weighted by molar-refractivity contribution is 0.0368. The van der Waals surface area contributed by atoms with E-state index in [0.29, 0.717) is 11.7 Å². The first-order valence-corrected chi connectivity index (χ1v) is 9.50. The monoisotopic (exact) mass is 401 g/mol. The molecular weight excluding hydrogens is 378 g/mol. The standard InChI is InChI=1S/C17H24BrNO3S/c1-17(2,3)22-16(21)19-14-9-8-13(10-15(14)20)23-12-6-4-11(18)5-7-12/h4-7,13-15,20H,8-10H2,1-3H3,(H,19,21)/t13-,14-,15+/m1/s1. The summed E-state index contributed by atoms with van der Waals surface area (Å²) in [6, 6.07) is 7.97. The van der Waals surface area contributed by atoms with E-state index in [0.717, 1.165) is 17.3 Å². The number of aliphatic hydroxyl groups excluding tert-OH is 1. The molecule has 0 radical (unpaired) electrons. The van der Waals surface area contributed by atoms with Gasteiger partial charge in [-0.25, -0.2) is 4.79 Å². The second-order valence-corrected chi connectivity index (χ2v) is 9.12. The quantitative estimate of drug-likeness (QED) is 0.790. The summed E-state index contributed by atoms with van der Waals surface area (Å²) in [5.74, 6) is 0. The Balaban J connectivity index is 1.82. The van der Waals surface area contributed by atoms with E-state index in [2.05, 4.69) is 33.4 Å². The zero-order valence-electron chi connectivity index (χ0n) is 13.7. The van der Waals surface area contributed by atoms with Crippen LogP contribution in [-0.4, -0.2) is 34.2 Å². The van der Waals surface area contributed by atoms with E-state index >= 15 is 0 Å². The third-order valence-electron chi connectivity index (χ3n) is 3.59. The number of carbonyl (C=O) groups excluding carboxylic acids is 1. The lowest BCUT2D eigenvalue weighted by Gasteiger charge is -2.33. The maximum Gasteiger partial charge on any atom is 0.407 e. The van der Waals surface area contributed by atoms with E-state index < -0.39 is 17.8 Å². The summed E-state index contributed by atoms with van der Waals surface area (Å²) >= 11 is 5.21. The van der Waals surface area contributed by atoms with Gasteiger partial charge in [0, 0.05) is 14.6 Å². The van der Waals surface area contributed by atoms with Crippen molar-refractivity contribution in [3.8, 4) is 0 Å². The molecule has 0 bridgehead atoms. The second kappa shape index (κ2) is 7.90. The van der Waals surface area contributed by atoms with Gasteiger partial charge in [0.15, 0.2) is 0 Å². The molecule has 1 aromatic carbocycles. The van der Waals surface area contributed by atoms with E-state index in [1.54, 1.807) is 11.8 Å². The van der Waals surface area contributed by atoms with E-state index in [-0.39, 0.29) is 6.04 Å². The lowest BCUT2D eigenvalue weighted by Crippen LogP contribution is -2.48. The number of thioether (sulfide) groups is 1. The Morgan fingerprint density at radius 2 is 1.96 bits per heavy atom. The van der Waals surface area contributed by atoms with Gasteiger partial charge in [0.05, 0.1) is 12.1 Å². The van der Waals surface area contributed by atoms with Crippen molar-refractivity contribution in [2.75, 3.05) is 0 Å². The molecule has 0 unspecified atom stereocenters. The van der Waals surface area contributed by atoms with Gasteiger partial charge in [0.2, 0.25) is 0 Å². The Labute approximate surface area is 150 Å². The third-order valence-corrected chi connectivity index (χ3v) is 5.42. The van der Waals surface area contributed by atoms with Crippen LogP contribution < -0.4 is 5.32 Å². The fraction of sp³-hybridized carbons (Fsp3) is 0.588. The molecule has 0 heterocycles. The minimum Gasteiger partial charge on any atom is -0.444 e. The topological polar surface area (TPSA) is 58.6 Å². The number of ether oxygens (including phenoxy) is 1. The highest BCUT2D eigenvalue weighted by Gasteiger charge is 2.31. The van der Waals surface area contributed by atoms with Gasteiger partial charge in [0.25, 0.3) is 0 Å². The number of nitrogens with one attached hydrogen (secondary N) is 1. The molecule has 0 spiro atoms. The smallest absolute Gasteiger partial charge is 0.407 e. The Morgan fingerprint density at radius 1 is 1.30 bits per heavy atom. The zero-order valence-corrected chi connectivity index (χ0v) is 16.1. The number of hydrogen-bond acceptors (Lipinski definition) is 4. The summed E-state index contributed by atoms with van der Waals surface area (Å²) in [6.07, 6.45) is 1.39. The highest BCUT2D eigenvalue weighted by atomic mass is 79.9. The Bertz CT molecular complexity index is 530. The van der Waals surface area contributed by atoms with Crippen molar-refractivity contribution in [1.82, 2.24) is 5.32 Å². The third kappa shape index (κ3) is 6.36. The molecule has 6 heteroatoms. The first-order chi connectivity index (χ1) is 10.7. The molecular formula is C17H24BrNO3S. The molecule has 2 N–H and O–H groups in total. The molecule has 23 heavy (non-hydrogen) atoms. The summed E-state index contributed by atoms with van der Waals surface area (Å²) in [6.45, 7) is 5.48. The van der Waals surface area contributed by atoms with Gasteiger partial charge in [-0.1, -0.05) is 15.9 Å². The van der Waals surface area contributed by atoms with Crippen LogP contribution in [0.15, 0.2) is 33.6 Å². The Hall–Kier alpha value is -0.720. The van der Waals surface area contributed by atoms with Gasteiger partial charge >= 0.3 is 6.09 Å². The van der Waals surface area contributed by atoms with Crippen LogP contribution in [-0.2, 0) is 4.74 Å². The van der Waals surface area contributed by atoms with Gasteiger partial charge < -0.3 is 15.2 Å². The van der Waals surface area contributed by atoms with E-state index in [1.165, 1.54) is 4.90 Å². The molecule has 1 saturated carbocycles. The van der Waals surface area contributed by atoms with Crippen LogP contribution in [0.4, 0.5) is 4.79 Å². The normalized spacial score (nSPS) is 25.0. The van der Waals surface area contributed by atoms with Crippen molar-refractivity contribution < 1.29 is 14.6 Å². The maximum atomic E-state index is 11.8. The first kappa shape index (κ1) is 18.6. The van der Waals surface area contributed by atoms with Crippen molar-refractivity contribution in [1.29, 1.82) is 0 Å². The molecule has 2 rings (SSSR count). The molecule has 0 aliphatic heterocycles. The highest BCUT2D eigenvalue weighted by molar-refractivity contribution is 9.10. The number of rotatable bonds is 3. The maximum absolute atomic E-state index is 11.8. The Kier molecular flexibility index (Phi) is 6.40. The highest BCUT2D eigenvalue weighted by Crippen LogP contribution is 2.34. The fourth-order valence-electron chi connectivity index (χ4n) is 2.55. The van der Waals surface area contributed by atoms with Crippen LogP contribution in [0.25, 0.3) is 0 Å². The van der Waals surface area contributed by atoms with Crippen LogP contribution in [0.1, 0.15) is 40.0 Å². The molecule has 1 amide bonds. The van der Waals surface area contributed by atoms with Gasteiger partial charge in [-0.3, -0.25) is 0 Å². The molecule has 1 aromatic rings. The number of hydrogen-bond donors (Lipinski definition) is 2. The van der Waals surface area contributed by atoms with Gasteiger partial charge in [0.1, 0.15) is 5.60 Å².